The molecule has 0 atom stereocenters. The number of aliphatic imine (C=N–C) groups is 1. The van der Waals surface area contributed by atoms with E-state index in [-0.39, 0.29) is 5.82 Å². The molecule has 0 amide bonds. The molecule has 0 saturated carbocycles. The minimum atomic E-state index is -0.160. The Morgan fingerprint density at radius 1 is 1.41 bits per heavy atom. The van der Waals surface area contributed by atoms with E-state index >= 15 is 0 Å². The average molecular weight is 307 g/mol. The quantitative estimate of drug-likeness (QED) is 0.686. The lowest BCUT2D eigenvalue weighted by molar-refractivity contribution is 0.0263. The van der Waals surface area contributed by atoms with Crippen LogP contribution in [0.1, 0.15) is 30.9 Å². The molecule has 0 bridgehead atoms. The Morgan fingerprint density at radius 2 is 2.14 bits per heavy atom. The Balaban J connectivity index is 1.86. The summed E-state index contributed by atoms with van der Waals surface area (Å²) in [6, 6.07) is 5.33. The molecule has 5 heteroatoms. The molecule has 1 aromatic rings. The number of hydrogen-bond donors (Lipinski definition) is 1. The van der Waals surface area contributed by atoms with Crippen LogP contribution in [0.2, 0.25) is 0 Å². The first-order valence-corrected chi connectivity index (χ1v) is 7.96. The third kappa shape index (κ3) is 4.44. The first kappa shape index (κ1) is 16.7. The molecule has 1 aromatic carbocycles. The van der Waals surface area contributed by atoms with E-state index in [1.807, 2.05) is 19.1 Å². The highest BCUT2D eigenvalue weighted by molar-refractivity contribution is 5.79. The summed E-state index contributed by atoms with van der Waals surface area (Å²) in [4.78, 5) is 6.57. The molecular weight excluding hydrogens is 281 g/mol. The number of halogens is 1. The molecule has 1 saturated heterocycles. The summed E-state index contributed by atoms with van der Waals surface area (Å²) in [7, 11) is 1.78. The van der Waals surface area contributed by atoms with Crippen LogP contribution in [0, 0.1) is 12.7 Å². The lowest BCUT2D eigenvalue weighted by Gasteiger charge is -2.34. The summed E-state index contributed by atoms with van der Waals surface area (Å²) in [6.07, 6.45) is 2.41. The van der Waals surface area contributed by atoms with Gasteiger partial charge in [-0.25, -0.2) is 4.39 Å². The van der Waals surface area contributed by atoms with Crippen molar-refractivity contribution in [3.63, 3.8) is 0 Å². The van der Waals surface area contributed by atoms with Crippen molar-refractivity contribution in [3.05, 3.63) is 35.1 Å². The Labute approximate surface area is 132 Å². The third-order valence-corrected chi connectivity index (χ3v) is 4.04. The van der Waals surface area contributed by atoms with Crippen LogP contribution in [-0.4, -0.2) is 43.7 Å². The van der Waals surface area contributed by atoms with Crippen LogP contribution < -0.4 is 5.32 Å². The van der Waals surface area contributed by atoms with Gasteiger partial charge in [-0.05, 0) is 43.9 Å². The highest BCUT2D eigenvalue weighted by Crippen LogP contribution is 2.14. The number of guanidine groups is 1. The minimum absolute atomic E-state index is 0.160. The molecule has 1 aliphatic rings. The van der Waals surface area contributed by atoms with Gasteiger partial charge in [-0.15, -0.1) is 0 Å². The fraction of sp³-hybridized carbons (Fsp3) is 0.588. The number of nitrogens with zero attached hydrogens (tertiary/aromatic N) is 2. The Kier molecular flexibility index (Phi) is 6.19. The molecule has 1 aliphatic heterocycles. The Morgan fingerprint density at radius 3 is 2.73 bits per heavy atom. The van der Waals surface area contributed by atoms with Crippen molar-refractivity contribution < 1.29 is 9.13 Å². The summed E-state index contributed by atoms with van der Waals surface area (Å²) in [5.41, 5.74) is 1.60. The molecule has 0 spiro atoms. The smallest absolute Gasteiger partial charge is 0.193 e. The lowest BCUT2D eigenvalue weighted by Crippen LogP contribution is -2.46. The number of hydrogen-bond acceptors (Lipinski definition) is 2. The first-order valence-electron chi connectivity index (χ1n) is 7.96. The van der Waals surface area contributed by atoms with E-state index in [0.717, 1.165) is 44.1 Å². The van der Waals surface area contributed by atoms with E-state index in [1.165, 1.54) is 0 Å². The SMILES string of the molecule is CCOC1CCN(C(=NC)NCc2ccc(C)c(F)c2)CC1. The first-order chi connectivity index (χ1) is 10.6. The van der Waals surface area contributed by atoms with Gasteiger partial charge in [0, 0.05) is 33.3 Å². The second-order valence-electron chi connectivity index (χ2n) is 5.63. The van der Waals surface area contributed by atoms with Crippen molar-refractivity contribution in [2.24, 2.45) is 4.99 Å². The fourth-order valence-corrected chi connectivity index (χ4v) is 2.73. The molecule has 22 heavy (non-hydrogen) atoms. The van der Waals surface area contributed by atoms with Gasteiger partial charge >= 0.3 is 0 Å². The van der Waals surface area contributed by atoms with Gasteiger partial charge in [-0.3, -0.25) is 4.99 Å². The van der Waals surface area contributed by atoms with E-state index in [0.29, 0.717) is 18.2 Å². The second-order valence-corrected chi connectivity index (χ2v) is 5.63. The van der Waals surface area contributed by atoms with Crippen LogP contribution in [0.3, 0.4) is 0 Å². The standard InChI is InChI=1S/C17H26FN3O/c1-4-22-15-7-9-21(10-8-15)17(19-3)20-12-14-6-5-13(2)16(18)11-14/h5-6,11,15H,4,7-10,12H2,1-3H3,(H,19,20). The van der Waals surface area contributed by atoms with Crippen LogP contribution in [0.5, 0.6) is 0 Å². The van der Waals surface area contributed by atoms with Crippen molar-refractivity contribution in [1.29, 1.82) is 0 Å². The number of ether oxygens (including phenoxy) is 1. The zero-order valence-corrected chi connectivity index (χ0v) is 13.7. The normalized spacial score (nSPS) is 16.9. The van der Waals surface area contributed by atoms with Crippen LogP contribution >= 0.6 is 0 Å². The van der Waals surface area contributed by atoms with Crippen molar-refractivity contribution in [2.75, 3.05) is 26.7 Å². The summed E-state index contributed by atoms with van der Waals surface area (Å²) >= 11 is 0. The van der Waals surface area contributed by atoms with E-state index < -0.39 is 0 Å². The predicted octanol–water partition coefficient (Wildman–Crippen LogP) is 2.71. The topological polar surface area (TPSA) is 36.9 Å². The molecule has 122 valence electrons. The van der Waals surface area contributed by atoms with Gasteiger partial charge in [0.15, 0.2) is 5.96 Å². The highest BCUT2D eigenvalue weighted by Gasteiger charge is 2.21. The number of nitrogens with one attached hydrogen (secondary N) is 1. The molecule has 1 N–H and O–H groups in total. The van der Waals surface area contributed by atoms with Crippen LogP contribution in [0.4, 0.5) is 4.39 Å². The third-order valence-electron chi connectivity index (χ3n) is 4.04. The summed E-state index contributed by atoms with van der Waals surface area (Å²) < 4.78 is 19.2. The molecule has 1 heterocycles. The van der Waals surface area contributed by atoms with Crippen molar-refractivity contribution in [3.8, 4) is 0 Å². The van der Waals surface area contributed by atoms with Crippen LogP contribution in [0.25, 0.3) is 0 Å². The number of likely N-dealkylation sites (tertiary alicyclic amines) is 1. The maximum Gasteiger partial charge on any atom is 0.193 e. The lowest BCUT2D eigenvalue weighted by atomic mass is 10.1. The highest BCUT2D eigenvalue weighted by atomic mass is 19.1. The maximum atomic E-state index is 13.6. The number of rotatable bonds is 4. The molecule has 2 rings (SSSR count). The van der Waals surface area contributed by atoms with E-state index in [1.54, 1.807) is 20.0 Å². The number of aryl methyl sites for hydroxylation is 1. The Hall–Kier alpha value is -1.62. The Bertz CT molecular complexity index is 511. The number of piperidine rings is 1. The van der Waals surface area contributed by atoms with Gasteiger partial charge in [0.2, 0.25) is 0 Å². The molecule has 1 fully saturated rings. The molecule has 4 nitrogen and oxygen atoms in total. The van der Waals surface area contributed by atoms with Gasteiger partial charge in [0.25, 0.3) is 0 Å². The van der Waals surface area contributed by atoms with Gasteiger partial charge in [0.05, 0.1) is 6.10 Å². The van der Waals surface area contributed by atoms with E-state index in [4.69, 9.17) is 4.74 Å². The second kappa shape index (κ2) is 8.13. The summed E-state index contributed by atoms with van der Waals surface area (Å²) in [6.45, 7) is 7.03. The average Bonchev–Trinajstić information content (AvgIpc) is 2.53. The van der Waals surface area contributed by atoms with Gasteiger partial charge in [0.1, 0.15) is 5.82 Å². The number of benzene rings is 1. The zero-order chi connectivity index (χ0) is 15.9. The van der Waals surface area contributed by atoms with Crippen LogP contribution in [0.15, 0.2) is 23.2 Å². The molecule has 0 unspecified atom stereocenters. The fourth-order valence-electron chi connectivity index (χ4n) is 2.73. The molecule has 0 aliphatic carbocycles. The monoisotopic (exact) mass is 307 g/mol. The van der Waals surface area contributed by atoms with Gasteiger partial charge < -0.3 is 15.0 Å². The molecule has 0 radical (unpaired) electrons. The minimum Gasteiger partial charge on any atom is -0.378 e. The van der Waals surface area contributed by atoms with E-state index in [9.17, 15) is 4.39 Å². The summed E-state index contributed by atoms with van der Waals surface area (Å²) in [5.74, 6) is 0.711. The van der Waals surface area contributed by atoms with Crippen molar-refractivity contribution >= 4 is 5.96 Å². The summed E-state index contributed by atoms with van der Waals surface area (Å²) in [5, 5.41) is 3.32. The maximum absolute atomic E-state index is 13.6. The van der Waals surface area contributed by atoms with Gasteiger partial charge in [-0.2, -0.15) is 0 Å². The van der Waals surface area contributed by atoms with E-state index in [2.05, 4.69) is 15.2 Å². The molecule has 0 aromatic heterocycles. The largest absolute Gasteiger partial charge is 0.378 e. The van der Waals surface area contributed by atoms with Crippen LogP contribution in [-0.2, 0) is 11.3 Å². The molecular formula is C17H26FN3O. The van der Waals surface area contributed by atoms with Crippen molar-refractivity contribution in [1.82, 2.24) is 10.2 Å². The van der Waals surface area contributed by atoms with Crippen molar-refractivity contribution in [2.45, 2.75) is 39.3 Å². The predicted molar refractivity (Wildman–Crippen MR) is 87.6 cm³/mol. The van der Waals surface area contributed by atoms with Gasteiger partial charge in [-0.1, -0.05) is 12.1 Å². The zero-order valence-electron chi connectivity index (χ0n) is 13.7.